The van der Waals surface area contributed by atoms with E-state index in [0.29, 0.717) is 29.6 Å². The molecule has 1 aromatic rings. The van der Waals surface area contributed by atoms with Crippen LogP contribution in [-0.4, -0.2) is 45.9 Å². The van der Waals surface area contributed by atoms with Gasteiger partial charge in [-0.05, 0) is 108 Å². The zero-order chi connectivity index (χ0) is 37.9. The number of rotatable bonds is 18. The zero-order valence-electron chi connectivity index (χ0n) is 32.7. The number of thioether (sulfide) groups is 1. The Kier molecular flexibility index (Phi) is 13.8. The summed E-state index contributed by atoms with van der Waals surface area (Å²) in [6, 6.07) is 12.6. The largest absolute Gasteiger partial charge is 0.465 e. The molecule has 0 radical (unpaired) electrons. The summed E-state index contributed by atoms with van der Waals surface area (Å²) in [6.45, 7) is 28.2. The number of nitrogens with two attached hydrogens (primary N) is 1. The molecule has 4 atom stereocenters. The number of thiocarbonyl (C=S) groups is 1. The lowest BCUT2D eigenvalue weighted by atomic mass is 9.43. The molecule has 1 fully saturated rings. The number of ether oxygens (including phenoxy) is 3. The third-order valence-electron chi connectivity index (χ3n) is 11.5. The van der Waals surface area contributed by atoms with Crippen molar-refractivity contribution in [3.05, 3.63) is 35.9 Å². The highest BCUT2D eigenvalue weighted by Gasteiger charge is 2.65. The molecule has 0 bridgehead atoms. The van der Waals surface area contributed by atoms with Gasteiger partial charge in [-0.2, -0.15) is 5.26 Å². The van der Waals surface area contributed by atoms with Gasteiger partial charge in [-0.25, -0.2) is 0 Å². The standard InChI is InChI=1S/C40H64N2O5S2/c1-27(31(48)49-36(7,8)25-41)22-39(13,33(44)47-35(5,6)26-46-28(2)42)37(9,10)38(11,12)40(14,32(43)45-23-29-20-21-29)24-34(3,4)30-18-16-15-17-19-30/h15-19,27-29H,20-24,26,42H2,1-14H3. The molecule has 0 heterocycles. The molecule has 0 amide bonds. The molecule has 1 saturated carbocycles. The molecule has 2 rings (SSSR count). The van der Waals surface area contributed by atoms with Crippen LogP contribution in [0.15, 0.2) is 30.3 Å². The summed E-state index contributed by atoms with van der Waals surface area (Å²) in [5.41, 5.74) is 1.75. The summed E-state index contributed by atoms with van der Waals surface area (Å²) in [7, 11) is 0. The van der Waals surface area contributed by atoms with Crippen LogP contribution in [0.5, 0.6) is 0 Å². The van der Waals surface area contributed by atoms with Crippen LogP contribution in [0.1, 0.15) is 128 Å². The van der Waals surface area contributed by atoms with Crippen LogP contribution in [0.4, 0.5) is 0 Å². The maximum Gasteiger partial charge on any atom is 0.312 e. The zero-order valence-corrected chi connectivity index (χ0v) is 34.4. The van der Waals surface area contributed by atoms with Gasteiger partial charge in [0.15, 0.2) is 0 Å². The maximum atomic E-state index is 14.8. The van der Waals surface area contributed by atoms with Crippen molar-refractivity contribution in [3.8, 4) is 6.07 Å². The van der Waals surface area contributed by atoms with E-state index in [1.54, 1.807) is 6.92 Å². The highest BCUT2D eigenvalue weighted by molar-refractivity contribution is 8.24. The fourth-order valence-corrected chi connectivity index (χ4v) is 8.37. The van der Waals surface area contributed by atoms with Crippen LogP contribution >= 0.6 is 24.0 Å². The molecule has 2 N–H and O–H groups in total. The van der Waals surface area contributed by atoms with Gasteiger partial charge < -0.3 is 19.9 Å². The van der Waals surface area contributed by atoms with Crippen LogP contribution in [0.25, 0.3) is 0 Å². The number of nitrogens with zero attached hydrogens (tertiary/aromatic N) is 1. The monoisotopic (exact) mass is 716 g/mol. The van der Waals surface area contributed by atoms with Crippen LogP contribution in [0.2, 0.25) is 0 Å². The summed E-state index contributed by atoms with van der Waals surface area (Å²) in [5.74, 6) is -0.487. The van der Waals surface area contributed by atoms with Gasteiger partial charge in [0, 0.05) is 0 Å². The molecule has 0 aromatic heterocycles. The number of hydrogen-bond donors (Lipinski definition) is 1. The predicted molar refractivity (Wildman–Crippen MR) is 205 cm³/mol. The average Bonchev–Trinajstić information content (AvgIpc) is 3.83. The Balaban J connectivity index is 2.73. The Morgan fingerprint density at radius 3 is 1.94 bits per heavy atom. The Morgan fingerprint density at radius 1 is 0.918 bits per heavy atom. The number of carbonyl (C=O) groups excluding carboxylic acids is 2. The van der Waals surface area contributed by atoms with Crippen molar-refractivity contribution in [1.82, 2.24) is 0 Å². The number of hydrogen-bond acceptors (Lipinski definition) is 9. The number of nitriles is 1. The smallest absolute Gasteiger partial charge is 0.312 e. The Labute approximate surface area is 307 Å². The van der Waals surface area contributed by atoms with Crippen LogP contribution in [-0.2, 0) is 29.2 Å². The van der Waals surface area contributed by atoms with Gasteiger partial charge in [-0.1, -0.05) is 103 Å². The van der Waals surface area contributed by atoms with Gasteiger partial charge in [-0.15, -0.1) is 0 Å². The molecule has 0 saturated heterocycles. The lowest BCUT2D eigenvalue weighted by Crippen LogP contribution is -2.61. The molecule has 0 spiro atoms. The van der Waals surface area contributed by atoms with Gasteiger partial charge in [-0.3, -0.25) is 9.59 Å². The van der Waals surface area contributed by atoms with E-state index >= 15 is 0 Å². The fourth-order valence-electron chi connectivity index (χ4n) is 6.83. The van der Waals surface area contributed by atoms with Gasteiger partial charge >= 0.3 is 11.9 Å². The van der Waals surface area contributed by atoms with Crippen molar-refractivity contribution in [2.45, 2.75) is 145 Å². The average molecular weight is 717 g/mol. The van der Waals surface area contributed by atoms with Gasteiger partial charge in [0.25, 0.3) is 0 Å². The first-order valence-corrected chi connectivity index (χ1v) is 18.9. The van der Waals surface area contributed by atoms with E-state index < -0.39 is 49.6 Å². The van der Waals surface area contributed by atoms with Crippen LogP contribution in [0, 0.1) is 44.8 Å². The van der Waals surface area contributed by atoms with Gasteiger partial charge in [0.1, 0.15) is 16.6 Å². The minimum absolute atomic E-state index is 0.118. The molecule has 49 heavy (non-hydrogen) atoms. The quantitative estimate of drug-likeness (QED) is 0.0902. The minimum Gasteiger partial charge on any atom is -0.465 e. The van der Waals surface area contributed by atoms with Gasteiger partial charge in [0.05, 0.1) is 34.3 Å². The summed E-state index contributed by atoms with van der Waals surface area (Å²) >= 11 is 7.25. The molecular formula is C40H64N2O5S2. The molecule has 1 aliphatic rings. The van der Waals surface area contributed by atoms with Crippen molar-refractivity contribution >= 4 is 40.1 Å². The number of esters is 2. The van der Waals surface area contributed by atoms with Crippen LogP contribution < -0.4 is 5.73 Å². The second kappa shape index (κ2) is 15.7. The van der Waals surface area contributed by atoms with Crippen molar-refractivity contribution in [3.63, 3.8) is 0 Å². The first kappa shape index (κ1) is 43.2. The molecule has 276 valence electrons. The predicted octanol–water partition coefficient (Wildman–Crippen LogP) is 9.40. The summed E-state index contributed by atoms with van der Waals surface area (Å²) in [4.78, 5) is 29.4. The Bertz CT molecular complexity index is 1360. The summed E-state index contributed by atoms with van der Waals surface area (Å²) in [6.07, 6.45) is 2.45. The van der Waals surface area contributed by atoms with Crippen molar-refractivity contribution < 1.29 is 23.8 Å². The van der Waals surface area contributed by atoms with Crippen molar-refractivity contribution in [2.75, 3.05) is 13.2 Å². The van der Waals surface area contributed by atoms with E-state index in [1.165, 1.54) is 11.8 Å². The van der Waals surface area contributed by atoms with E-state index in [2.05, 4.69) is 59.7 Å². The molecule has 9 heteroatoms. The Morgan fingerprint density at radius 2 is 1.45 bits per heavy atom. The first-order chi connectivity index (χ1) is 22.2. The van der Waals surface area contributed by atoms with E-state index in [0.717, 1.165) is 18.4 Å². The van der Waals surface area contributed by atoms with E-state index in [1.807, 2.05) is 66.7 Å². The third kappa shape index (κ3) is 10.3. The summed E-state index contributed by atoms with van der Waals surface area (Å²) < 4.78 is 18.1. The van der Waals surface area contributed by atoms with Crippen molar-refractivity contribution in [2.24, 2.45) is 39.2 Å². The highest BCUT2D eigenvalue weighted by Crippen LogP contribution is 2.64. The maximum absolute atomic E-state index is 14.8. The Hall–Kier alpha value is -1.99. The topological polar surface area (TPSA) is 112 Å². The molecule has 4 unspecified atom stereocenters. The lowest BCUT2D eigenvalue weighted by molar-refractivity contribution is -0.205. The highest BCUT2D eigenvalue weighted by atomic mass is 32.2. The molecule has 0 aliphatic heterocycles. The fraction of sp³-hybridized carbons (Fsp3) is 0.750. The molecule has 1 aliphatic carbocycles. The minimum atomic E-state index is -1.15. The number of carbonyl (C=O) groups is 2. The van der Waals surface area contributed by atoms with E-state index in [4.69, 9.17) is 32.2 Å². The van der Waals surface area contributed by atoms with Crippen molar-refractivity contribution in [1.29, 1.82) is 5.26 Å². The van der Waals surface area contributed by atoms with E-state index in [-0.39, 0.29) is 18.5 Å². The number of benzene rings is 1. The molecule has 7 nitrogen and oxygen atoms in total. The second-order valence-electron chi connectivity index (χ2n) is 17.7. The molecular weight excluding hydrogens is 653 g/mol. The second-order valence-corrected chi connectivity index (χ2v) is 20.1. The molecule has 1 aromatic carbocycles. The SMILES string of the molecule is CC(N)OCC(C)(C)OC(=O)C(C)(CC(C)C(=S)SC(C)(C)C#N)C(C)(C)C(C)(C)C(C)(CC(C)(C)c1ccccc1)C(=O)OCC1CC1. The van der Waals surface area contributed by atoms with Crippen LogP contribution in [0.3, 0.4) is 0 Å². The normalized spacial score (nSPS) is 18.3. The first-order valence-electron chi connectivity index (χ1n) is 17.7. The summed E-state index contributed by atoms with van der Waals surface area (Å²) in [5, 5.41) is 9.73. The van der Waals surface area contributed by atoms with Gasteiger partial charge in [0.2, 0.25) is 0 Å². The third-order valence-corrected chi connectivity index (χ3v) is 13.4. The lowest BCUT2D eigenvalue weighted by Gasteiger charge is -2.60. The van der Waals surface area contributed by atoms with E-state index in [9.17, 15) is 14.9 Å².